The van der Waals surface area contributed by atoms with E-state index < -0.39 is 0 Å². The summed E-state index contributed by atoms with van der Waals surface area (Å²) in [6, 6.07) is 0.359. The molecule has 0 saturated carbocycles. The number of nitrogens with one attached hydrogen (secondary N) is 2. The van der Waals surface area contributed by atoms with Gasteiger partial charge < -0.3 is 15.4 Å². The Balaban J connectivity index is 2.81. The second-order valence-electron chi connectivity index (χ2n) is 4.29. The van der Waals surface area contributed by atoms with Gasteiger partial charge in [-0.2, -0.15) is 15.0 Å². The zero-order valence-corrected chi connectivity index (χ0v) is 11.7. The summed E-state index contributed by atoms with van der Waals surface area (Å²) in [6.07, 6.45) is 2.08. The van der Waals surface area contributed by atoms with Crippen LogP contribution in [-0.4, -0.2) is 34.1 Å². The standard InChI is InChI=1S/C12H23N5O/c1-5-7-13-10-15-11(14-8-6-2)17-12(16-10)18-9(3)4/h9H,5-8H2,1-4H3,(H2,13,14,15,16,17). The Labute approximate surface area is 109 Å². The molecule has 0 fully saturated rings. The Hall–Kier alpha value is -1.59. The van der Waals surface area contributed by atoms with Gasteiger partial charge in [-0.25, -0.2) is 0 Å². The number of rotatable bonds is 8. The molecule has 0 bridgehead atoms. The third-order valence-corrected chi connectivity index (χ3v) is 2.02. The van der Waals surface area contributed by atoms with Gasteiger partial charge in [-0.3, -0.25) is 0 Å². The van der Waals surface area contributed by atoms with Crippen LogP contribution in [0.25, 0.3) is 0 Å². The smallest absolute Gasteiger partial charge is 0.323 e. The van der Waals surface area contributed by atoms with E-state index in [1.54, 1.807) is 0 Å². The summed E-state index contributed by atoms with van der Waals surface area (Å²) < 4.78 is 5.51. The normalized spacial score (nSPS) is 10.5. The zero-order valence-electron chi connectivity index (χ0n) is 11.7. The Morgan fingerprint density at radius 1 is 0.944 bits per heavy atom. The van der Waals surface area contributed by atoms with Crippen LogP contribution < -0.4 is 15.4 Å². The van der Waals surface area contributed by atoms with Gasteiger partial charge >= 0.3 is 6.01 Å². The van der Waals surface area contributed by atoms with Crippen LogP contribution in [0.15, 0.2) is 0 Å². The first kappa shape index (κ1) is 14.5. The van der Waals surface area contributed by atoms with Crippen LogP contribution >= 0.6 is 0 Å². The number of hydrogen-bond acceptors (Lipinski definition) is 6. The van der Waals surface area contributed by atoms with E-state index in [4.69, 9.17) is 4.74 Å². The van der Waals surface area contributed by atoms with Crippen molar-refractivity contribution in [1.29, 1.82) is 0 Å². The molecule has 2 N–H and O–H groups in total. The second-order valence-corrected chi connectivity index (χ2v) is 4.29. The van der Waals surface area contributed by atoms with Crippen molar-refractivity contribution in [3.63, 3.8) is 0 Å². The van der Waals surface area contributed by atoms with Gasteiger partial charge in [0, 0.05) is 13.1 Å². The maximum absolute atomic E-state index is 5.51. The summed E-state index contributed by atoms with van der Waals surface area (Å²) in [5, 5.41) is 6.29. The number of aromatic nitrogens is 3. The molecule has 0 saturated heterocycles. The first-order valence-electron chi connectivity index (χ1n) is 6.56. The van der Waals surface area contributed by atoms with Gasteiger partial charge in [-0.1, -0.05) is 13.8 Å². The molecule has 0 spiro atoms. The van der Waals surface area contributed by atoms with Crippen LogP contribution in [0.4, 0.5) is 11.9 Å². The number of nitrogens with zero attached hydrogens (tertiary/aromatic N) is 3. The Kier molecular flexibility index (Phi) is 6.18. The zero-order chi connectivity index (χ0) is 13.4. The molecule has 0 atom stereocenters. The molecular formula is C12H23N5O. The molecule has 102 valence electrons. The Morgan fingerprint density at radius 3 is 1.83 bits per heavy atom. The SMILES string of the molecule is CCCNc1nc(NCCC)nc(OC(C)C)n1. The third-order valence-electron chi connectivity index (χ3n) is 2.02. The molecule has 1 rings (SSSR count). The summed E-state index contributed by atoms with van der Waals surface area (Å²) in [4.78, 5) is 12.7. The van der Waals surface area contributed by atoms with Crippen LogP contribution in [0.5, 0.6) is 6.01 Å². The topological polar surface area (TPSA) is 72.0 Å². The van der Waals surface area contributed by atoms with E-state index in [9.17, 15) is 0 Å². The molecule has 0 amide bonds. The molecule has 1 heterocycles. The van der Waals surface area contributed by atoms with Crippen LogP contribution in [0.3, 0.4) is 0 Å². The molecular weight excluding hydrogens is 230 g/mol. The molecule has 0 aromatic carbocycles. The van der Waals surface area contributed by atoms with E-state index in [0.29, 0.717) is 17.9 Å². The van der Waals surface area contributed by atoms with Crippen molar-refractivity contribution in [2.24, 2.45) is 0 Å². The van der Waals surface area contributed by atoms with Gasteiger partial charge in [0.15, 0.2) is 0 Å². The number of hydrogen-bond donors (Lipinski definition) is 2. The molecule has 0 aliphatic rings. The van der Waals surface area contributed by atoms with Gasteiger partial charge in [0.25, 0.3) is 0 Å². The maximum Gasteiger partial charge on any atom is 0.323 e. The van der Waals surface area contributed by atoms with E-state index in [0.717, 1.165) is 25.9 Å². The largest absolute Gasteiger partial charge is 0.461 e. The highest BCUT2D eigenvalue weighted by atomic mass is 16.5. The molecule has 18 heavy (non-hydrogen) atoms. The van der Waals surface area contributed by atoms with Crippen molar-refractivity contribution >= 4 is 11.9 Å². The molecule has 0 aliphatic heterocycles. The molecule has 0 unspecified atom stereocenters. The monoisotopic (exact) mass is 253 g/mol. The predicted molar refractivity (Wildman–Crippen MR) is 73.2 cm³/mol. The van der Waals surface area contributed by atoms with Crippen molar-refractivity contribution in [2.75, 3.05) is 23.7 Å². The lowest BCUT2D eigenvalue weighted by Gasteiger charge is -2.11. The van der Waals surface area contributed by atoms with E-state index >= 15 is 0 Å². The molecule has 6 nitrogen and oxygen atoms in total. The average molecular weight is 253 g/mol. The molecule has 0 aliphatic carbocycles. The molecule has 0 radical (unpaired) electrons. The lowest BCUT2D eigenvalue weighted by Crippen LogP contribution is -2.14. The summed E-state index contributed by atoms with van der Waals surface area (Å²) in [6.45, 7) is 9.74. The first-order chi connectivity index (χ1) is 8.65. The molecule has 1 aromatic rings. The van der Waals surface area contributed by atoms with E-state index in [2.05, 4.69) is 39.4 Å². The quantitative estimate of drug-likeness (QED) is 0.740. The number of anilines is 2. The number of ether oxygens (including phenoxy) is 1. The lowest BCUT2D eigenvalue weighted by molar-refractivity contribution is 0.222. The predicted octanol–water partition coefficient (Wildman–Crippen LogP) is 2.30. The minimum Gasteiger partial charge on any atom is -0.461 e. The van der Waals surface area contributed by atoms with Crippen LogP contribution in [0.1, 0.15) is 40.5 Å². The van der Waals surface area contributed by atoms with E-state index in [1.807, 2.05) is 13.8 Å². The van der Waals surface area contributed by atoms with Gasteiger partial charge in [0.1, 0.15) is 0 Å². The summed E-state index contributed by atoms with van der Waals surface area (Å²) in [7, 11) is 0. The van der Waals surface area contributed by atoms with Gasteiger partial charge in [-0.15, -0.1) is 0 Å². The fraction of sp³-hybridized carbons (Fsp3) is 0.750. The molecule has 6 heteroatoms. The summed E-state index contributed by atoms with van der Waals surface area (Å²) >= 11 is 0. The highest BCUT2D eigenvalue weighted by molar-refractivity contribution is 5.35. The van der Waals surface area contributed by atoms with Gasteiger partial charge in [0.05, 0.1) is 6.10 Å². The fourth-order valence-electron chi connectivity index (χ4n) is 1.25. The van der Waals surface area contributed by atoms with Gasteiger partial charge in [-0.05, 0) is 26.7 Å². The fourth-order valence-corrected chi connectivity index (χ4v) is 1.25. The minimum absolute atomic E-state index is 0.0467. The Morgan fingerprint density at radius 2 is 1.44 bits per heavy atom. The maximum atomic E-state index is 5.51. The first-order valence-corrected chi connectivity index (χ1v) is 6.56. The highest BCUT2D eigenvalue weighted by Crippen LogP contribution is 2.12. The van der Waals surface area contributed by atoms with Crippen molar-refractivity contribution in [3.05, 3.63) is 0 Å². The molecule has 1 aromatic heterocycles. The van der Waals surface area contributed by atoms with E-state index in [-0.39, 0.29) is 6.10 Å². The van der Waals surface area contributed by atoms with Crippen molar-refractivity contribution in [1.82, 2.24) is 15.0 Å². The minimum atomic E-state index is 0.0467. The Bertz CT molecular complexity index is 330. The van der Waals surface area contributed by atoms with Crippen molar-refractivity contribution < 1.29 is 4.74 Å². The van der Waals surface area contributed by atoms with Crippen LogP contribution in [-0.2, 0) is 0 Å². The van der Waals surface area contributed by atoms with Crippen molar-refractivity contribution in [2.45, 2.75) is 46.6 Å². The second kappa shape index (κ2) is 7.68. The third kappa shape index (κ3) is 5.16. The summed E-state index contributed by atoms with van der Waals surface area (Å²) in [5.41, 5.74) is 0. The summed E-state index contributed by atoms with van der Waals surface area (Å²) in [5.74, 6) is 1.11. The van der Waals surface area contributed by atoms with Crippen molar-refractivity contribution in [3.8, 4) is 6.01 Å². The van der Waals surface area contributed by atoms with Crippen LogP contribution in [0, 0.1) is 0 Å². The average Bonchev–Trinajstić information content (AvgIpc) is 2.33. The lowest BCUT2D eigenvalue weighted by atomic mass is 10.5. The van der Waals surface area contributed by atoms with E-state index in [1.165, 1.54) is 0 Å². The van der Waals surface area contributed by atoms with Gasteiger partial charge in [0.2, 0.25) is 11.9 Å². The highest BCUT2D eigenvalue weighted by Gasteiger charge is 2.08. The van der Waals surface area contributed by atoms with Crippen LogP contribution in [0.2, 0.25) is 0 Å².